The second kappa shape index (κ2) is 4.11. The minimum Gasteiger partial charge on any atom is -0.326 e. The monoisotopic (exact) mass is 200 g/mol. The molecule has 1 N–H and O–H groups in total. The first kappa shape index (κ1) is 10.5. The maximum atomic E-state index is 10.6. The van der Waals surface area contributed by atoms with Gasteiger partial charge < -0.3 is 4.89 Å². The van der Waals surface area contributed by atoms with Gasteiger partial charge in [-0.05, 0) is 12.8 Å². The Morgan fingerprint density at radius 2 is 2.54 bits per heavy atom. The summed E-state index contributed by atoms with van der Waals surface area (Å²) in [6.07, 6.45) is 10.6. The highest BCUT2D eigenvalue weighted by molar-refractivity contribution is 7.32. The van der Waals surface area contributed by atoms with Crippen molar-refractivity contribution in [1.82, 2.24) is 0 Å². The van der Waals surface area contributed by atoms with Gasteiger partial charge in [0.25, 0.3) is 0 Å². The molecule has 0 aliphatic heterocycles. The lowest BCUT2D eigenvalue weighted by atomic mass is 9.78. The van der Waals surface area contributed by atoms with Crippen molar-refractivity contribution in [2.75, 3.05) is 0 Å². The van der Waals surface area contributed by atoms with Gasteiger partial charge >= 0.3 is 8.25 Å². The molecular weight excluding hydrogens is 187 g/mol. The number of allylic oxidation sites excluding steroid dienone is 1. The fraction of sp³-hybridized carbons (Fsp3) is 0.556. The van der Waals surface area contributed by atoms with Crippen molar-refractivity contribution < 1.29 is 14.0 Å². The second-order valence-electron chi connectivity index (χ2n) is 3.03. The average Bonchev–Trinajstić information content (AvgIpc) is 1.99. The fourth-order valence-corrected chi connectivity index (χ4v) is 2.09. The summed E-state index contributed by atoms with van der Waals surface area (Å²) in [5.41, 5.74) is -0.875. The van der Waals surface area contributed by atoms with Crippen LogP contribution < -0.4 is 0 Å². The lowest BCUT2D eigenvalue weighted by Crippen LogP contribution is -2.38. The van der Waals surface area contributed by atoms with Crippen LogP contribution in [0.5, 0.6) is 0 Å². The van der Waals surface area contributed by atoms with Crippen LogP contribution in [-0.4, -0.2) is 10.5 Å². The van der Waals surface area contributed by atoms with Crippen LogP contribution in [0, 0.1) is 18.3 Å². The topological polar surface area (TPSA) is 46.5 Å². The Hall–Kier alpha value is -0.550. The second-order valence-corrected chi connectivity index (χ2v) is 3.76. The molecule has 1 aliphatic carbocycles. The molecule has 13 heavy (non-hydrogen) atoms. The van der Waals surface area contributed by atoms with E-state index in [0.29, 0.717) is 6.42 Å². The molecule has 3 unspecified atom stereocenters. The van der Waals surface area contributed by atoms with Crippen LogP contribution in [-0.2, 0) is 9.09 Å². The van der Waals surface area contributed by atoms with E-state index in [0.717, 1.165) is 6.42 Å². The molecule has 0 radical (unpaired) electrons. The quantitative estimate of drug-likeness (QED) is 0.427. The van der Waals surface area contributed by atoms with Gasteiger partial charge in [-0.3, -0.25) is 9.09 Å². The van der Waals surface area contributed by atoms with Crippen molar-refractivity contribution in [3.05, 3.63) is 12.2 Å². The standard InChI is InChI=1S/C9H13O3P/c1-3-9(4-2,12-13(10)11)8-6-5-7-8/h1,5-6,8,13H,4,7H2,2H3,(H,10,11). The average molecular weight is 200 g/mol. The van der Waals surface area contributed by atoms with E-state index in [1.807, 2.05) is 19.1 Å². The molecule has 1 aliphatic rings. The van der Waals surface area contributed by atoms with Gasteiger partial charge in [0.2, 0.25) is 0 Å². The van der Waals surface area contributed by atoms with Crippen LogP contribution in [0.1, 0.15) is 19.8 Å². The molecule has 0 amide bonds. The summed E-state index contributed by atoms with van der Waals surface area (Å²) in [6.45, 7) is 1.86. The highest BCUT2D eigenvalue weighted by Crippen LogP contribution is 2.40. The molecule has 4 heteroatoms. The maximum absolute atomic E-state index is 10.6. The summed E-state index contributed by atoms with van der Waals surface area (Å²) < 4.78 is 15.6. The largest absolute Gasteiger partial charge is 0.326 e. The van der Waals surface area contributed by atoms with Gasteiger partial charge in [-0.1, -0.05) is 25.0 Å². The molecule has 0 heterocycles. The molecule has 3 atom stereocenters. The van der Waals surface area contributed by atoms with E-state index in [9.17, 15) is 4.57 Å². The molecule has 0 bridgehead atoms. The third-order valence-corrected chi connectivity index (χ3v) is 2.94. The van der Waals surface area contributed by atoms with E-state index in [2.05, 4.69) is 5.92 Å². The van der Waals surface area contributed by atoms with Crippen LogP contribution in [0.3, 0.4) is 0 Å². The molecule has 0 fully saturated rings. The van der Waals surface area contributed by atoms with E-state index in [-0.39, 0.29) is 5.92 Å². The predicted octanol–water partition coefficient (Wildman–Crippen LogP) is 1.74. The normalized spacial score (nSPS) is 27.0. The van der Waals surface area contributed by atoms with Crippen molar-refractivity contribution in [2.24, 2.45) is 5.92 Å². The first-order chi connectivity index (χ1) is 6.14. The van der Waals surface area contributed by atoms with Gasteiger partial charge in [0, 0.05) is 5.92 Å². The summed E-state index contributed by atoms with van der Waals surface area (Å²) >= 11 is 0. The Balaban J connectivity index is 2.79. The lowest BCUT2D eigenvalue weighted by molar-refractivity contribution is 0.0712. The summed E-state index contributed by atoms with van der Waals surface area (Å²) in [6, 6.07) is 0. The van der Waals surface area contributed by atoms with Crippen molar-refractivity contribution in [3.63, 3.8) is 0 Å². The number of hydrogen-bond donors (Lipinski definition) is 1. The maximum Gasteiger partial charge on any atom is 0.318 e. The molecule has 0 aromatic carbocycles. The number of hydrogen-bond acceptors (Lipinski definition) is 2. The van der Waals surface area contributed by atoms with Crippen LogP contribution in [0.25, 0.3) is 0 Å². The van der Waals surface area contributed by atoms with Gasteiger partial charge in [0.1, 0.15) is 5.60 Å². The Labute approximate surface area is 78.7 Å². The van der Waals surface area contributed by atoms with Gasteiger partial charge in [-0.25, -0.2) is 0 Å². The van der Waals surface area contributed by atoms with Gasteiger partial charge in [-0.15, -0.1) is 6.42 Å². The third kappa shape index (κ3) is 2.03. The smallest absolute Gasteiger partial charge is 0.318 e. The van der Waals surface area contributed by atoms with E-state index in [4.69, 9.17) is 15.8 Å². The summed E-state index contributed by atoms with van der Waals surface area (Å²) in [7, 11) is -2.96. The molecule has 0 spiro atoms. The zero-order valence-electron chi connectivity index (χ0n) is 7.49. The molecule has 0 aromatic heterocycles. The molecule has 1 rings (SSSR count). The highest BCUT2D eigenvalue weighted by atomic mass is 31.1. The van der Waals surface area contributed by atoms with E-state index >= 15 is 0 Å². The molecular formula is C9H13O3P. The SMILES string of the molecule is C#CC(CC)(O[PH](=O)O)C1C=CC1. The van der Waals surface area contributed by atoms with E-state index in [1.165, 1.54) is 0 Å². The van der Waals surface area contributed by atoms with Gasteiger partial charge in [0.05, 0.1) is 0 Å². The molecule has 72 valence electrons. The number of rotatable bonds is 4. The Kier molecular flexibility index (Phi) is 3.33. The first-order valence-electron chi connectivity index (χ1n) is 4.21. The fourth-order valence-electron chi connectivity index (χ4n) is 1.42. The van der Waals surface area contributed by atoms with Gasteiger partial charge in [0.15, 0.2) is 0 Å². The van der Waals surface area contributed by atoms with E-state index in [1.54, 1.807) is 0 Å². The minimum absolute atomic E-state index is 0.0867. The van der Waals surface area contributed by atoms with Crippen molar-refractivity contribution in [1.29, 1.82) is 0 Å². The summed E-state index contributed by atoms with van der Waals surface area (Å²) in [5, 5.41) is 0. The van der Waals surface area contributed by atoms with Gasteiger partial charge in [-0.2, -0.15) is 0 Å². The Morgan fingerprint density at radius 3 is 2.77 bits per heavy atom. The van der Waals surface area contributed by atoms with Crippen molar-refractivity contribution >= 4 is 8.25 Å². The molecule has 0 saturated heterocycles. The summed E-state index contributed by atoms with van der Waals surface area (Å²) in [4.78, 5) is 8.72. The van der Waals surface area contributed by atoms with E-state index < -0.39 is 13.9 Å². The van der Waals surface area contributed by atoms with Crippen molar-refractivity contribution in [3.8, 4) is 12.3 Å². The molecule has 0 aromatic rings. The van der Waals surface area contributed by atoms with Crippen molar-refractivity contribution in [2.45, 2.75) is 25.4 Å². The van der Waals surface area contributed by atoms with Crippen LogP contribution >= 0.6 is 8.25 Å². The minimum atomic E-state index is -2.96. The Bertz CT molecular complexity index is 279. The van der Waals surface area contributed by atoms with Crippen LogP contribution in [0.4, 0.5) is 0 Å². The lowest BCUT2D eigenvalue weighted by Gasteiger charge is -2.35. The molecule has 3 nitrogen and oxygen atoms in total. The molecule has 0 saturated carbocycles. The van der Waals surface area contributed by atoms with Crippen LogP contribution in [0.15, 0.2) is 12.2 Å². The van der Waals surface area contributed by atoms with Crippen LogP contribution in [0.2, 0.25) is 0 Å². The summed E-state index contributed by atoms with van der Waals surface area (Å²) in [5.74, 6) is 2.58. The zero-order valence-corrected chi connectivity index (χ0v) is 8.49. The third-order valence-electron chi connectivity index (χ3n) is 2.40. The zero-order chi connectivity index (χ0) is 9.90. The Morgan fingerprint density at radius 1 is 1.92 bits per heavy atom. The first-order valence-corrected chi connectivity index (χ1v) is 5.47. The predicted molar refractivity (Wildman–Crippen MR) is 51.4 cm³/mol. The number of terminal acetylenes is 1. The highest BCUT2D eigenvalue weighted by Gasteiger charge is 2.38.